The van der Waals surface area contributed by atoms with Gasteiger partial charge in [-0.05, 0) is 30.7 Å². The zero-order valence-electron chi connectivity index (χ0n) is 21.2. The lowest BCUT2D eigenvalue weighted by molar-refractivity contribution is -0.129. The van der Waals surface area contributed by atoms with Crippen LogP contribution in [0.4, 0.5) is 0 Å². The van der Waals surface area contributed by atoms with Gasteiger partial charge in [-0.2, -0.15) is 0 Å². The summed E-state index contributed by atoms with van der Waals surface area (Å²) in [6.07, 6.45) is 1.24. The van der Waals surface area contributed by atoms with E-state index in [9.17, 15) is 19.5 Å². The summed E-state index contributed by atoms with van der Waals surface area (Å²) in [7, 11) is 5.10. The molecular formula is C26H34N4O5. The smallest absolute Gasteiger partial charge is 0.259 e. The van der Waals surface area contributed by atoms with Crippen molar-refractivity contribution < 1.29 is 24.2 Å². The van der Waals surface area contributed by atoms with E-state index < -0.39 is 6.04 Å². The van der Waals surface area contributed by atoms with Gasteiger partial charge in [0.2, 0.25) is 11.8 Å². The third-order valence-corrected chi connectivity index (χ3v) is 6.38. The van der Waals surface area contributed by atoms with Gasteiger partial charge in [0, 0.05) is 57.9 Å². The predicted octanol–water partition coefficient (Wildman–Crippen LogP) is 2.15. The van der Waals surface area contributed by atoms with Gasteiger partial charge < -0.3 is 24.5 Å². The number of pyridine rings is 1. The van der Waals surface area contributed by atoms with Crippen molar-refractivity contribution in [3.05, 3.63) is 47.7 Å². The van der Waals surface area contributed by atoms with Crippen LogP contribution in [0.25, 0.3) is 11.1 Å². The van der Waals surface area contributed by atoms with E-state index in [1.54, 1.807) is 62.3 Å². The number of benzene rings is 1. The number of ether oxygens (including phenoxy) is 1. The molecule has 0 aliphatic carbocycles. The maximum Gasteiger partial charge on any atom is 0.259 e. The molecule has 1 aromatic heterocycles. The molecule has 35 heavy (non-hydrogen) atoms. The first-order valence-electron chi connectivity index (χ1n) is 11.7. The highest BCUT2D eigenvalue weighted by Gasteiger charge is 2.34. The third-order valence-electron chi connectivity index (χ3n) is 6.38. The fourth-order valence-electron chi connectivity index (χ4n) is 3.94. The fourth-order valence-corrected chi connectivity index (χ4v) is 3.94. The number of likely N-dealkylation sites (N-methyl/N-ethyl adjacent to an activating group) is 1. The first-order valence-corrected chi connectivity index (χ1v) is 11.7. The van der Waals surface area contributed by atoms with Crippen LogP contribution in [0.2, 0.25) is 0 Å². The molecule has 3 atom stereocenters. The van der Waals surface area contributed by atoms with E-state index in [2.05, 4.69) is 4.98 Å². The van der Waals surface area contributed by atoms with Crippen molar-refractivity contribution in [2.45, 2.75) is 32.9 Å². The lowest BCUT2D eigenvalue weighted by Crippen LogP contribution is -2.50. The number of amides is 3. The summed E-state index contributed by atoms with van der Waals surface area (Å²) in [6.45, 7) is 5.77. The van der Waals surface area contributed by atoms with Crippen molar-refractivity contribution in [2.75, 3.05) is 40.8 Å². The highest BCUT2D eigenvalue weighted by atomic mass is 16.5. The first-order chi connectivity index (χ1) is 16.5. The molecule has 9 nitrogen and oxygen atoms in total. The molecule has 0 bridgehead atoms. The number of hydrogen-bond donors (Lipinski definition) is 1. The number of aliphatic hydroxyl groups is 1. The van der Waals surface area contributed by atoms with Crippen LogP contribution in [0.1, 0.15) is 41.5 Å². The Morgan fingerprint density at radius 3 is 2.43 bits per heavy atom. The Bertz CT molecular complexity index is 1090. The minimum Gasteiger partial charge on any atom is -0.472 e. The molecular weight excluding hydrogens is 448 g/mol. The minimum absolute atomic E-state index is 0.0840. The molecule has 0 saturated heterocycles. The lowest BCUT2D eigenvalue weighted by atomic mass is 9.99. The van der Waals surface area contributed by atoms with E-state index in [1.807, 2.05) is 19.1 Å². The monoisotopic (exact) mass is 482 g/mol. The second-order valence-electron chi connectivity index (χ2n) is 9.38. The summed E-state index contributed by atoms with van der Waals surface area (Å²) in [6, 6.07) is 8.43. The number of aromatic nitrogens is 1. The summed E-state index contributed by atoms with van der Waals surface area (Å²) in [5.41, 5.74) is 2.35. The number of carbonyl (C=O) groups excluding carboxylic acids is 3. The fraction of sp³-hybridized carbons (Fsp3) is 0.462. The van der Waals surface area contributed by atoms with Gasteiger partial charge in [0.1, 0.15) is 11.7 Å². The van der Waals surface area contributed by atoms with Crippen molar-refractivity contribution >= 4 is 17.7 Å². The molecule has 1 aliphatic rings. The summed E-state index contributed by atoms with van der Waals surface area (Å²) in [5, 5.41) is 9.80. The topological polar surface area (TPSA) is 103 Å². The molecule has 3 amide bonds. The van der Waals surface area contributed by atoms with E-state index >= 15 is 0 Å². The Hall–Kier alpha value is -3.46. The van der Waals surface area contributed by atoms with Crippen molar-refractivity contribution in [1.29, 1.82) is 0 Å². The van der Waals surface area contributed by atoms with Crippen LogP contribution in [0.15, 0.2) is 36.5 Å². The Labute approximate surface area is 206 Å². The maximum absolute atomic E-state index is 13.6. The highest BCUT2D eigenvalue weighted by molar-refractivity contribution is 5.98. The first kappa shape index (κ1) is 26.2. The second-order valence-corrected chi connectivity index (χ2v) is 9.38. The molecule has 0 spiro atoms. The molecule has 0 saturated carbocycles. The average Bonchev–Trinajstić information content (AvgIpc) is 2.84. The number of hydrogen-bond acceptors (Lipinski definition) is 6. The Morgan fingerprint density at radius 2 is 1.86 bits per heavy atom. The van der Waals surface area contributed by atoms with Gasteiger partial charge in [0.05, 0.1) is 19.2 Å². The lowest BCUT2D eigenvalue weighted by Gasteiger charge is -2.37. The second kappa shape index (κ2) is 10.9. The zero-order valence-corrected chi connectivity index (χ0v) is 21.2. The SMILES string of the molecule is CC(=O)N(C)C[C@@H]1Oc2ncc(-c3ccc(C(=O)N(C)C)cc3)cc2C(=O)N([C@H](C)CO)C[C@H]1C. The van der Waals surface area contributed by atoms with Crippen LogP contribution in [0, 0.1) is 5.92 Å². The molecule has 188 valence electrons. The van der Waals surface area contributed by atoms with Crippen LogP contribution in [0.3, 0.4) is 0 Å². The molecule has 1 aliphatic heterocycles. The molecule has 2 aromatic rings. The minimum atomic E-state index is -0.401. The number of fused-ring (bicyclic) bond motifs is 1. The van der Waals surface area contributed by atoms with Crippen LogP contribution in [-0.4, -0.2) is 95.5 Å². The van der Waals surface area contributed by atoms with E-state index in [-0.39, 0.29) is 42.2 Å². The van der Waals surface area contributed by atoms with Gasteiger partial charge in [-0.15, -0.1) is 0 Å². The molecule has 0 fully saturated rings. The third kappa shape index (κ3) is 5.79. The molecule has 1 aromatic carbocycles. The van der Waals surface area contributed by atoms with Gasteiger partial charge in [0.25, 0.3) is 11.8 Å². The summed E-state index contributed by atoms with van der Waals surface area (Å²) < 4.78 is 6.20. The van der Waals surface area contributed by atoms with Gasteiger partial charge in [-0.25, -0.2) is 4.98 Å². The van der Waals surface area contributed by atoms with Gasteiger partial charge in [-0.3, -0.25) is 14.4 Å². The zero-order chi connectivity index (χ0) is 25.9. The standard InChI is InChI=1S/C26H34N4O5/c1-16-13-30(17(2)15-31)26(34)22-11-21(19-7-9-20(10-8-19)25(33)28(4)5)12-27-24(22)35-23(16)14-29(6)18(3)32/h7-12,16-17,23,31H,13-15H2,1-6H3/t16-,17-,23+/m1/s1. The maximum atomic E-state index is 13.6. The Kier molecular flexibility index (Phi) is 8.11. The van der Waals surface area contributed by atoms with E-state index in [0.29, 0.717) is 29.8 Å². The number of nitrogens with zero attached hydrogens (tertiary/aromatic N) is 4. The normalized spacial score (nSPS) is 18.6. The van der Waals surface area contributed by atoms with E-state index in [0.717, 1.165) is 5.56 Å². The van der Waals surface area contributed by atoms with Gasteiger partial charge in [-0.1, -0.05) is 19.1 Å². The van der Waals surface area contributed by atoms with Gasteiger partial charge in [0.15, 0.2) is 0 Å². The highest BCUT2D eigenvalue weighted by Crippen LogP contribution is 2.30. The number of carbonyl (C=O) groups is 3. The largest absolute Gasteiger partial charge is 0.472 e. The van der Waals surface area contributed by atoms with Crippen molar-refractivity contribution in [2.24, 2.45) is 5.92 Å². The van der Waals surface area contributed by atoms with Crippen molar-refractivity contribution in [3.8, 4) is 17.0 Å². The van der Waals surface area contributed by atoms with Crippen LogP contribution in [0.5, 0.6) is 5.88 Å². The molecule has 3 rings (SSSR count). The number of rotatable bonds is 6. The molecule has 9 heteroatoms. The van der Waals surface area contributed by atoms with Crippen LogP contribution >= 0.6 is 0 Å². The van der Waals surface area contributed by atoms with Gasteiger partial charge >= 0.3 is 0 Å². The van der Waals surface area contributed by atoms with Crippen LogP contribution < -0.4 is 4.74 Å². The van der Waals surface area contributed by atoms with Crippen molar-refractivity contribution in [1.82, 2.24) is 19.7 Å². The quantitative estimate of drug-likeness (QED) is 0.677. The number of aliphatic hydroxyl groups excluding tert-OH is 1. The van der Waals surface area contributed by atoms with E-state index in [4.69, 9.17) is 4.74 Å². The Morgan fingerprint density at radius 1 is 1.20 bits per heavy atom. The molecule has 2 heterocycles. The Balaban J connectivity index is 2.02. The van der Waals surface area contributed by atoms with Crippen molar-refractivity contribution in [3.63, 3.8) is 0 Å². The van der Waals surface area contributed by atoms with Crippen LogP contribution in [-0.2, 0) is 4.79 Å². The summed E-state index contributed by atoms with van der Waals surface area (Å²) in [5.74, 6) is -0.367. The predicted molar refractivity (Wildman–Crippen MR) is 132 cm³/mol. The summed E-state index contributed by atoms with van der Waals surface area (Å²) in [4.78, 5) is 46.8. The molecule has 0 radical (unpaired) electrons. The van der Waals surface area contributed by atoms with E-state index in [1.165, 1.54) is 11.8 Å². The average molecular weight is 483 g/mol. The molecule has 0 unspecified atom stereocenters. The summed E-state index contributed by atoms with van der Waals surface area (Å²) >= 11 is 0. The molecule has 1 N–H and O–H groups in total.